The minimum Gasteiger partial charge on any atom is -0.355 e. The second-order valence-corrected chi connectivity index (χ2v) is 3.47. The fraction of sp³-hybridized carbons (Fsp3) is 0.308. The van der Waals surface area contributed by atoms with Crippen molar-refractivity contribution in [3.05, 3.63) is 35.4 Å². The van der Waals surface area contributed by atoms with Crippen molar-refractivity contribution in [3.8, 4) is 12.3 Å². The van der Waals surface area contributed by atoms with Gasteiger partial charge in [0, 0.05) is 13.0 Å². The molecule has 1 N–H and O–H groups in total. The number of hydrogen-bond donors (Lipinski definition) is 1. The Morgan fingerprint density at radius 2 is 2.33 bits per heavy atom. The molecule has 1 amide bonds. The largest absolute Gasteiger partial charge is 0.355 e. The van der Waals surface area contributed by atoms with Crippen molar-refractivity contribution in [2.75, 3.05) is 6.54 Å². The van der Waals surface area contributed by atoms with Crippen LogP contribution in [0.1, 0.15) is 17.5 Å². The zero-order chi connectivity index (χ0) is 11.1. The quantitative estimate of drug-likeness (QED) is 0.582. The van der Waals surface area contributed by atoms with Crippen molar-refractivity contribution >= 4 is 5.91 Å². The molecule has 0 aromatic heterocycles. The van der Waals surface area contributed by atoms with Crippen LogP contribution < -0.4 is 5.32 Å². The molecule has 1 rings (SSSR count). The van der Waals surface area contributed by atoms with E-state index in [9.17, 15) is 4.79 Å². The molecule has 0 bridgehead atoms. The first-order valence-corrected chi connectivity index (χ1v) is 4.98. The van der Waals surface area contributed by atoms with Gasteiger partial charge in [0.15, 0.2) is 0 Å². The predicted octanol–water partition coefficient (Wildman–Crippen LogP) is 1.68. The van der Waals surface area contributed by atoms with E-state index in [4.69, 9.17) is 6.42 Å². The van der Waals surface area contributed by atoms with Crippen LogP contribution in [-0.4, -0.2) is 12.5 Å². The molecule has 1 aromatic rings. The molecule has 0 saturated carbocycles. The molecule has 0 aliphatic carbocycles. The van der Waals surface area contributed by atoms with Crippen molar-refractivity contribution in [1.82, 2.24) is 5.32 Å². The molecule has 0 radical (unpaired) electrons. The third-order valence-corrected chi connectivity index (χ3v) is 2.04. The summed E-state index contributed by atoms with van der Waals surface area (Å²) in [5.74, 6) is 2.51. The van der Waals surface area contributed by atoms with Gasteiger partial charge in [-0.15, -0.1) is 12.3 Å². The minimum absolute atomic E-state index is 0.0239. The summed E-state index contributed by atoms with van der Waals surface area (Å²) in [7, 11) is 0. The van der Waals surface area contributed by atoms with Crippen LogP contribution in [0, 0.1) is 19.3 Å². The number of amides is 1. The lowest BCUT2D eigenvalue weighted by molar-refractivity contribution is -0.120. The zero-order valence-electron chi connectivity index (χ0n) is 8.92. The first-order valence-electron chi connectivity index (χ1n) is 4.98. The van der Waals surface area contributed by atoms with Crippen molar-refractivity contribution in [2.45, 2.75) is 19.8 Å². The smallest absolute Gasteiger partial charge is 0.224 e. The highest BCUT2D eigenvalue weighted by Crippen LogP contribution is 2.04. The van der Waals surface area contributed by atoms with E-state index < -0.39 is 0 Å². The van der Waals surface area contributed by atoms with E-state index in [1.54, 1.807) is 0 Å². The molecule has 2 heteroatoms. The van der Waals surface area contributed by atoms with Gasteiger partial charge in [0.05, 0.1) is 6.42 Å². The number of rotatable bonds is 4. The Labute approximate surface area is 90.7 Å². The van der Waals surface area contributed by atoms with Crippen molar-refractivity contribution in [3.63, 3.8) is 0 Å². The molecule has 0 unspecified atom stereocenters. The molecule has 0 saturated heterocycles. The van der Waals surface area contributed by atoms with Crippen molar-refractivity contribution in [2.24, 2.45) is 0 Å². The average Bonchev–Trinajstić information content (AvgIpc) is 2.18. The Hall–Kier alpha value is -1.75. The number of benzene rings is 1. The minimum atomic E-state index is 0.0239. The number of terminal acetylenes is 1. The molecule has 0 spiro atoms. The summed E-state index contributed by atoms with van der Waals surface area (Å²) < 4.78 is 0. The second kappa shape index (κ2) is 5.87. The first kappa shape index (κ1) is 11.3. The maximum Gasteiger partial charge on any atom is 0.224 e. The monoisotopic (exact) mass is 201 g/mol. The molecule has 1 aromatic carbocycles. The maximum absolute atomic E-state index is 11.4. The van der Waals surface area contributed by atoms with E-state index in [2.05, 4.69) is 11.2 Å². The molecule has 15 heavy (non-hydrogen) atoms. The van der Waals surface area contributed by atoms with E-state index in [1.807, 2.05) is 31.2 Å². The van der Waals surface area contributed by atoms with E-state index in [0.29, 0.717) is 19.4 Å². The van der Waals surface area contributed by atoms with Gasteiger partial charge in [-0.05, 0) is 12.5 Å². The van der Waals surface area contributed by atoms with Crippen LogP contribution >= 0.6 is 0 Å². The number of aryl methyl sites for hydroxylation is 1. The Balaban J connectivity index is 2.42. The number of carbonyl (C=O) groups is 1. The van der Waals surface area contributed by atoms with Gasteiger partial charge >= 0.3 is 0 Å². The van der Waals surface area contributed by atoms with Crippen LogP contribution in [0.4, 0.5) is 0 Å². The van der Waals surface area contributed by atoms with E-state index in [0.717, 1.165) is 5.56 Å². The lowest BCUT2D eigenvalue weighted by Crippen LogP contribution is -2.25. The highest BCUT2D eigenvalue weighted by Gasteiger charge is 2.01. The summed E-state index contributed by atoms with van der Waals surface area (Å²) >= 11 is 0. The second-order valence-electron chi connectivity index (χ2n) is 3.47. The normalized spacial score (nSPS) is 9.33. The Bertz CT molecular complexity index is 376. The maximum atomic E-state index is 11.4. The molecular formula is C13H15NO. The lowest BCUT2D eigenvalue weighted by atomic mass is 10.1. The predicted molar refractivity (Wildman–Crippen MR) is 61.3 cm³/mol. The van der Waals surface area contributed by atoms with Crippen LogP contribution in [0.3, 0.4) is 0 Å². The van der Waals surface area contributed by atoms with Crippen LogP contribution in [0.2, 0.25) is 0 Å². The first-order chi connectivity index (χ1) is 7.22. The van der Waals surface area contributed by atoms with Crippen LogP contribution in [0.15, 0.2) is 24.3 Å². The fourth-order valence-electron chi connectivity index (χ4n) is 1.34. The SMILES string of the molecule is C#CCCNC(=O)Cc1cccc(C)c1. The third-order valence-electron chi connectivity index (χ3n) is 2.04. The summed E-state index contributed by atoms with van der Waals surface area (Å²) in [6, 6.07) is 7.94. The fourth-order valence-corrected chi connectivity index (χ4v) is 1.34. The summed E-state index contributed by atoms with van der Waals surface area (Å²) in [5, 5.41) is 2.77. The number of nitrogens with one attached hydrogen (secondary N) is 1. The topological polar surface area (TPSA) is 29.1 Å². The van der Waals surface area contributed by atoms with E-state index in [-0.39, 0.29) is 5.91 Å². The van der Waals surface area contributed by atoms with Crippen LogP contribution in [-0.2, 0) is 11.2 Å². The van der Waals surface area contributed by atoms with Crippen molar-refractivity contribution in [1.29, 1.82) is 0 Å². The molecule has 0 fully saturated rings. The Morgan fingerprint density at radius 1 is 1.53 bits per heavy atom. The molecule has 2 nitrogen and oxygen atoms in total. The van der Waals surface area contributed by atoms with Gasteiger partial charge in [0.25, 0.3) is 0 Å². The van der Waals surface area contributed by atoms with Gasteiger partial charge in [-0.25, -0.2) is 0 Å². The molecule has 0 atom stereocenters. The van der Waals surface area contributed by atoms with Gasteiger partial charge in [-0.1, -0.05) is 29.8 Å². The summed E-state index contributed by atoms with van der Waals surface area (Å²) in [6.07, 6.45) is 6.09. The van der Waals surface area contributed by atoms with Crippen LogP contribution in [0.25, 0.3) is 0 Å². The van der Waals surface area contributed by atoms with Crippen LogP contribution in [0.5, 0.6) is 0 Å². The molecular weight excluding hydrogens is 186 g/mol. The molecule has 0 aliphatic heterocycles. The van der Waals surface area contributed by atoms with Gasteiger partial charge in [0.1, 0.15) is 0 Å². The Kier molecular flexibility index (Phi) is 4.43. The average molecular weight is 201 g/mol. The van der Waals surface area contributed by atoms with Gasteiger partial charge in [0.2, 0.25) is 5.91 Å². The molecule has 0 aliphatic rings. The Morgan fingerprint density at radius 3 is 3.00 bits per heavy atom. The zero-order valence-corrected chi connectivity index (χ0v) is 8.92. The number of carbonyl (C=O) groups excluding carboxylic acids is 1. The highest BCUT2D eigenvalue weighted by molar-refractivity contribution is 5.78. The molecule has 78 valence electrons. The van der Waals surface area contributed by atoms with E-state index >= 15 is 0 Å². The van der Waals surface area contributed by atoms with Gasteiger partial charge in [-0.2, -0.15) is 0 Å². The summed E-state index contributed by atoms with van der Waals surface area (Å²) in [4.78, 5) is 11.4. The lowest BCUT2D eigenvalue weighted by Gasteiger charge is -2.03. The van der Waals surface area contributed by atoms with E-state index in [1.165, 1.54) is 5.56 Å². The van der Waals surface area contributed by atoms with Gasteiger partial charge < -0.3 is 5.32 Å². The summed E-state index contributed by atoms with van der Waals surface area (Å²) in [5.41, 5.74) is 2.21. The van der Waals surface area contributed by atoms with Crippen molar-refractivity contribution < 1.29 is 4.79 Å². The van der Waals surface area contributed by atoms with Gasteiger partial charge in [-0.3, -0.25) is 4.79 Å². The summed E-state index contributed by atoms with van der Waals surface area (Å²) in [6.45, 7) is 2.57. The standard InChI is InChI=1S/C13H15NO/c1-3-4-8-14-13(15)10-12-7-5-6-11(2)9-12/h1,5-7,9H,4,8,10H2,2H3,(H,14,15). The number of hydrogen-bond acceptors (Lipinski definition) is 1. The highest BCUT2D eigenvalue weighted by atomic mass is 16.1. The molecule has 0 heterocycles. The third kappa shape index (κ3) is 4.33.